The smallest absolute Gasteiger partial charge is 0.321 e. The number of halogens is 1. The number of amides is 3. The van der Waals surface area contributed by atoms with Crippen molar-refractivity contribution in [2.45, 2.75) is 0 Å². The first-order valence-electron chi connectivity index (χ1n) is 7.50. The molecule has 1 fully saturated rings. The molecular weight excluding hydrogens is 299 g/mol. The van der Waals surface area contributed by atoms with Crippen molar-refractivity contribution in [2.24, 2.45) is 0 Å². The number of rotatable bonds is 5. The maximum atomic E-state index is 12.9. The lowest BCUT2D eigenvalue weighted by atomic mass is 10.2. The fraction of sp³-hybridized carbons (Fsp3) is 0.375. The van der Waals surface area contributed by atoms with Crippen LogP contribution in [-0.2, 0) is 4.79 Å². The zero-order valence-corrected chi connectivity index (χ0v) is 12.9. The van der Waals surface area contributed by atoms with Crippen LogP contribution in [0.1, 0.15) is 0 Å². The van der Waals surface area contributed by atoms with Crippen molar-refractivity contribution in [1.29, 1.82) is 0 Å². The van der Waals surface area contributed by atoms with Gasteiger partial charge >= 0.3 is 6.03 Å². The first kappa shape index (κ1) is 17.0. The standard InChI is InChI=1S/C16H21FN4O2/c1-2-7-18-16(23)19-15(22)12-20-8-10-21(11-9-20)14-5-3-13(17)4-6-14/h2-6H,1,7-12H2,(H2,18,19,22,23). The van der Waals surface area contributed by atoms with Gasteiger partial charge in [-0.15, -0.1) is 6.58 Å². The number of hydrogen-bond donors (Lipinski definition) is 2. The monoisotopic (exact) mass is 320 g/mol. The van der Waals surface area contributed by atoms with E-state index in [2.05, 4.69) is 22.1 Å². The van der Waals surface area contributed by atoms with Crippen LogP contribution in [0.25, 0.3) is 0 Å². The third-order valence-electron chi connectivity index (χ3n) is 3.59. The number of anilines is 1. The van der Waals surface area contributed by atoms with Crippen LogP contribution in [0.4, 0.5) is 14.9 Å². The largest absolute Gasteiger partial charge is 0.369 e. The van der Waals surface area contributed by atoms with Crippen LogP contribution in [0.5, 0.6) is 0 Å². The van der Waals surface area contributed by atoms with Gasteiger partial charge < -0.3 is 10.2 Å². The molecule has 23 heavy (non-hydrogen) atoms. The van der Waals surface area contributed by atoms with Crippen LogP contribution in [0, 0.1) is 5.82 Å². The molecular formula is C16H21FN4O2. The Morgan fingerprint density at radius 3 is 2.43 bits per heavy atom. The summed E-state index contributed by atoms with van der Waals surface area (Å²) in [4.78, 5) is 27.3. The van der Waals surface area contributed by atoms with E-state index in [-0.39, 0.29) is 18.3 Å². The SMILES string of the molecule is C=CCNC(=O)NC(=O)CN1CCN(c2ccc(F)cc2)CC1. The van der Waals surface area contributed by atoms with Crippen molar-refractivity contribution < 1.29 is 14.0 Å². The van der Waals surface area contributed by atoms with Gasteiger partial charge in [-0.3, -0.25) is 15.0 Å². The molecule has 1 aromatic carbocycles. The highest BCUT2D eigenvalue weighted by Gasteiger charge is 2.19. The van der Waals surface area contributed by atoms with Crippen LogP contribution in [0.3, 0.4) is 0 Å². The minimum Gasteiger partial charge on any atom is -0.369 e. The van der Waals surface area contributed by atoms with E-state index in [1.54, 1.807) is 18.2 Å². The maximum Gasteiger partial charge on any atom is 0.321 e. The molecule has 1 aliphatic heterocycles. The van der Waals surface area contributed by atoms with E-state index < -0.39 is 6.03 Å². The molecule has 124 valence electrons. The van der Waals surface area contributed by atoms with Crippen LogP contribution in [0.15, 0.2) is 36.9 Å². The molecule has 2 N–H and O–H groups in total. The second kappa shape index (κ2) is 8.28. The molecule has 0 aromatic heterocycles. The van der Waals surface area contributed by atoms with E-state index in [1.807, 2.05) is 4.90 Å². The predicted octanol–water partition coefficient (Wildman–Crippen LogP) is 0.959. The van der Waals surface area contributed by atoms with Gasteiger partial charge in [0.05, 0.1) is 6.54 Å². The average molecular weight is 320 g/mol. The first-order chi connectivity index (χ1) is 11.1. The molecule has 0 aliphatic carbocycles. The van der Waals surface area contributed by atoms with Gasteiger partial charge in [0.25, 0.3) is 0 Å². The minimum atomic E-state index is -0.514. The number of benzene rings is 1. The molecule has 1 aromatic rings. The van der Waals surface area contributed by atoms with Gasteiger partial charge in [-0.25, -0.2) is 9.18 Å². The number of carbonyl (C=O) groups is 2. The molecule has 0 radical (unpaired) electrons. The summed E-state index contributed by atoms with van der Waals surface area (Å²) in [6, 6.07) is 5.87. The van der Waals surface area contributed by atoms with Gasteiger partial charge in [-0.05, 0) is 24.3 Å². The van der Waals surface area contributed by atoms with Crippen LogP contribution >= 0.6 is 0 Å². The van der Waals surface area contributed by atoms with Crippen molar-refractivity contribution in [3.05, 3.63) is 42.7 Å². The lowest BCUT2D eigenvalue weighted by Crippen LogP contribution is -2.51. The Kier molecular flexibility index (Phi) is 6.10. The Morgan fingerprint density at radius 2 is 1.83 bits per heavy atom. The van der Waals surface area contributed by atoms with Crippen molar-refractivity contribution >= 4 is 17.6 Å². The highest BCUT2D eigenvalue weighted by atomic mass is 19.1. The van der Waals surface area contributed by atoms with E-state index in [0.29, 0.717) is 19.6 Å². The molecule has 3 amide bonds. The molecule has 0 unspecified atom stereocenters. The summed E-state index contributed by atoms with van der Waals surface area (Å²) in [5.74, 6) is -0.583. The van der Waals surface area contributed by atoms with Crippen LogP contribution in [-0.4, -0.2) is 56.1 Å². The van der Waals surface area contributed by atoms with E-state index in [4.69, 9.17) is 0 Å². The zero-order chi connectivity index (χ0) is 16.7. The highest BCUT2D eigenvalue weighted by molar-refractivity contribution is 5.95. The molecule has 1 aliphatic rings. The number of urea groups is 1. The second-order valence-corrected chi connectivity index (χ2v) is 5.29. The van der Waals surface area contributed by atoms with E-state index in [0.717, 1.165) is 18.8 Å². The van der Waals surface area contributed by atoms with Gasteiger partial charge in [-0.2, -0.15) is 0 Å². The molecule has 2 rings (SSSR count). The molecule has 0 spiro atoms. The summed E-state index contributed by atoms with van der Waals surface area (Å²) in [6.45, 7) is 6.89. The van der Waals surface area contributed by atoms with Gasteiger partial charge in [0.2, 0.25) is 5.91 Å². The van der Waals surface area contributed by atoms with Gasteiger partial charge in [0.1, 0.15) is 5.82 Å². The molecule has 1 saturated heterocycles. The minimum absolute atomic E-state index is 0.179. The summed E-state index contributed by atoms with van der Waals surface area (Å²) >= 11 is 0. The lowest BCUT2D eigenvalue weighted by molar-refractivity contribution is -0.121. The quantitative estimate of drug-likeness (QED) is 0.793. The summed E-state index contributed by atoms with van der Waals surface area (Å²) in [5, 5.41) is 4.76. The number of hydrogen-bond acceptors (Lipinski definition) is 4. The summed E-state index contributed by atoms with van der Waals surface area (Å²) < 4.78 is 12.9. The Labute approximate surface area is 134 Å². The van der Waals surface area contributed by atoms with Crippen molar-refractivity contribution in [1.82, 2.24) is 15.5 Å². The van der Waals surface area contributed by atoms with Gasteiger partial charge in [-0.1, -0.05) is 6.08 Å². The molecule has 6 nitrogen and oxygen atoms in total. The number of carbonyl (C=O) groups excluding carboxylic acids is 2. The van der Waals surface area contributed by atoms with E-state index >= 15 is 0 Å². The van der Waals surface area contributed by atoms with Crippen molar-refractivity contribution in [2.75, 3.05) is 44.2 Å². The number of imide groups is 1. The third-order valence-corrected chi connectivity index (χ3v) is 3.59. The van der Waals surface area contributed by atoms with Crippen molar-refractivity contribution in [3.8, 4) is 0 Å². The topological polar surface area (TPSA) is 64.7 Å². The van der Waals surface area contributed by atoms with Gasteiger partial charge in [0.15, 0.2) is 0 Å². The van der Waals surface area contributed by atoms with E-state index in [1.165, 1.54) is 12.1 Å². The summed E-state index contributed by atoms with van der Waals surface area (Å²) in [5.41, 5.74) is 0.972. The fourth-order valence-corrected chi connectivity index (χ4v) is 2.39. The summed E-state index contributed by atoms with van der Waals surface area (Å²) in [7, 11) is 0. The van der Waals surface area contributed by atoms with Crippen molar-refractivity contribution in [3.63, 3.8) is 0 Å². The molecule has 7 heteroatoms. The molecule has 1 heterocycles. The first-order valence-corrected chi connectivity index (χ1v) is 7.50. The molecule has 0 atom stereocenters. The second-order valence-electron chi connectivity index (χ2n) is 5.29. The highest BCUT2D eigenvalue weighted by Crippen LogP contribution is 2.16. The normalized spacial score (nSPS) is 15.1. The number of nitrogens with one attached hydrogen (secondary N) is 2. The number of nitrogens with zero attached hydrogens (tertiary/aromatic N) is 2. The third kappa shape index (κ3) is 5.37. The lowest BCUT2D eigenvalue weighted by Gasteiger charge is -2.35. The maximum absolute atomic E-state index is 12.9. The Bertz CT molecular complexity index is 554. The Morgan fingerprint density at radius 1 is 1.17 bits per heavy atom. The van der Waals surface area contributed by atoms with Gasteiger partial charge in [0, 0.05) is 38.4 Å². The Balaban J connectivity index is 1.74. The van der Waals surface area contributed by atoms with Crippen LogP contribution in [0.2, 0.25) is 0 Å². The zero-order valence-electron chi connectivity index (χ0n) is 12.9. The predicted molar refractivity (Wildman–Crippen MR) is 86.8 cm³/mol. The number of piperazine rings is 1. The fourth-order valence-electron chi connectivity index (χ4n) is 2.39. The average Bonchev–Trinajstić information content (AvgIpc) is 2.54. The molecule has 0 saturated carbocycles. The van der Waals surface area contributed by atoms with Crippen LogP contribution < -0.4 is 15.5 Å². The summed E-state index contributed by atoms with van der Waals surface area (Å²) in [6.07, 6.45) is 1.54. The molecule has 0 bridgehead atoms. The van der Waals surface area contributed by atoms with E-state index in [9.17, 15) is 14.0 Å². The Hall–Kier alpha value is -2.41.